The number of hydrogen-bond acceptors (Lipinski definition) is 3. The molecule has 0 aliphatic heterocycles. The zero-order valence-electron chi connectivity index (χ0n) is 11.4. The molecule has 0 spiro atoms. The van der Waals surface area contributed by atoms with Gasteiger partial charge in [0.15, 0.2) is 0 Å². The topological polar surface area (TPSA) is 58.2 Å². The lowest BCUT2D eigenvalue weighted by atomic mass is 10.2. The molecule has 2 N–H and O–H groups in total. The molecule has 1 aromatic carbocycles. The third kappa shape index (κ3) is 4.97. The van der Waals surface area contributed by atoms with Crippen LogP contribution < -0.4 is 10.6 Å². The lowest BCUT2D eigenvalue weighted by Gasteiger charge is -2.11. The summed E-state index contributed by atoms with van der Waals surface area (Å²) in [4.78, 5) is 24.1. The van der Waals surface area contributed by atoms with E-state index >= 15 is 0 Å². The van der Waals surface area contributed by atoms with E-state index in [0.29, 0.717) is 4.88 Å². The van der Waals surface area contributed by atoms with E-state index in [9.17, 15) is 22.8 Å². The summed E-state index contributed by atoms with van der Waals surface area (Å²) in [5, 5.41) is 6.15. The van der Waals surface area contributed by atoms with Gasteiger partial charge in [-0.3, -0.25) is 9.59 Å². The molecule has 1 aromatic heterocycles. The van der Waals surface area contributed by atoms with Gasteiger partial charge in [0.25, 0.3) is 11.8 Å². The summed E-state index contributed by atoms with van der Waals surface area (Å²) >= 11 is 7.15. The fourth-order valence-corrected chi connectivity index (χ4v) is 2.42. The molecule has 0 aliphatic carbocycles. The minimum Gasteiger partial charge on any atom is -0.343 e. The zero-order chi connectivity index (χ0) is 17.0. The summed E-state index contributed by atoms with van der Waals surface area (Å²) in [5.41, 5.74) is 0.102. The molecule has 0 aliphatic rings. The molecule has 0 fully saturated rings. The highest BCUT2D eigenvalue weighted by molar-refractivity contribution is 7.12. The summed E-state index contributed by atoms with van der Waals surface area (Å²) in [5.74, 6) is -1.33. The van der Waals surface area contributed by atoms with Crippen LogP contribution in [-0.2, 0) is 0 Å². The lowest BCUT2D eigenvalue weighted by Crippen LogP contribution is -2.33. The van der Waals surface area contributed by atoms with Crippen LogP contribution in [0.25, 0.3) is 0 Å². The number of halogens is 4. The van der Waals surface area contributed by atoms with Gasteiger partial charge in [-0.05, 0) is 29.6 Å². The Hall–Kier alpha value is -2.06. The number of hydrogen-bond donors (Lipinski definition) is 2. The second kappa shape index (κ2) is 7.01. The Kier molecular flexibility index (Phi) is 5.27. The standard InChI is InChI=1S/C14H10ClF3N2O2S/c15-9-4-3-8(12(21)19-7-14(16,17)18)6-10(9)20-13(22)11-2-1-5-23-11/h1-6H,7H2,(H,19,21)(H,20,22). The van der Waals surface area contributed by atoms with Crippen LogP contribution in [0, 0.1) is 0 Å². The number of anilines is 1. The lowest BCUT2D eigenvalue weighted by molar-refractivity contribution is -0.123. The van der Waals surface area contributed by atoms with Crippen molar-refractivity contribution < 1.29 is 22.8 Å². The Morgan fingerprint density at radius 2 is 1.91 bits per heavy atom. The van der Waals surface area contributed by atoms with E-state index < -0.39 is 24.5 Å². The number of alkyl halides is 3. The van der Waals surface area contributed by atoms with E-state index in [0.717, 1.165) is 0 Å². The Morgan fingerprint density at radius 1 is 1.17 bits per heavy atom. The van der Waals surface area contributed by atoms with Crippen LogP contribution in [-0.4, -0.2) is 24.5 Å². The van der Waals surface area contributed by atoms with Crippen LogP contribution in [0.15, 0.2) is 35.7 Å². The molecule has 23 heavy (non-hydrogen) atoms. The van der Waals surface area contributed by atoms with Crippen molar-refractivity contribution in [1.29, 1.82) is 0 Å². The Balaban J connectivity index is 2.12. The number of thiophene rings is 1. The number of nitrogens with one attached hydrogen (secondary N) is 2. The summed E-state index contributed by atoms with van der Waals surface area (Å²) < 4.78 is 36.3. The highest BCUT2D eigenvalue weighted by Gasteiger charge is 2.28. The van der Waals surface area contributed by atoms with Gasteiger partial charge < -0.3 is 10.6 Å². The third-order valence-electron chi connectivity index (χ3n) is 2.67. The molecule has 1 heterocycles. The van der Waals surface area contributed by atoms with Crippen LogP contribution in [0.4, 0.5) is 18.9 Å². The maximum absolute atomic E-state index is 12.1. The first-order valence-electron chi connectivity index (χ1n) is 6.25. The molecule has 0 atom stereocenters. The van der Waals surface area contributed by atoms with Gasteiger partial charge in [-0.15, -0.1) is 11.3 Å². The normalized spacial score (nSPS) is 11.1. The second-order valence-corrected chi connectivity index (χ2v) is 5.78. The summed E-state index contributed by atoms with van der Waals surface area (Å²) in [7, 11) is 0. The van der Waals surface area contributed by atoms with E-state index in [1.807, 2.05) is 0 Å². The largest absolute Gasteiger partial charge is 0.405 e. The summed E-state index contributed by atoms with van der Waals surface area (Å²) in [6.07, 6.45) is -4.50. The number of carbonyl (C=O) groups excluding carboxylic acids is 2. The maximum Gasteiger partial charge on any atom is 0.405 e. The van der Waals surface area contributed by atoms with E-state index in [1.165, 1.54) is 29.5 Å². The molecule has 4 nitrogen and oxygen atoms in total. The van der Waals surface area contributed by atoms with Crippen LogP contribution in [0.2, 0.25) is 5.02 Å². The van der Waals surface area contributed by atoms with Gasteiger partial charge in [0.05, 0.1) is 15.6 Å². The first kappa shape index (κ1) is 17.3. The molecule has 0 saturated heterocycles. The molecule has 0 bridgehead atoms. The van der Waals surface area contributed by atoms with Crippen molar-refractivity contribution in [3.63, 3.8) is 0 Å². The quantitative estimate of drug-likeness (QED) is 0.865. The van der Waals surface area contributed by atoms with Gasteiger partial charge in [-0.1, -0.05) is 17.7 Å². The predicted molar refractivity (Wildman–Crippen MR) is 82.1 cm³/mol. The van der Waals surface area contributed by atoms with Crippen LogP contribution >= 0.6 is 22.9 Å². The van der Waals surface area contributed by atoms with Crippen molar-refractivity contribution in [2.75, 3.05) is 11.9 Å². The van der Waals surface area contributed by atoms with Gasteiger partial charge >= 0.3 is 6.18 Å². The first-order valence-corrected chi connectivity index (χ1v) is 7.51. The molecular formula is C14H10ClF3N2O2S. The minimum atomic E-state index is -4.50. The fourth-order valence-electron chi connectivity index (χ4n) is 1.64. The first-order chi connectivity index (χ1) is 10.8. The Bertz CT molecular complexity index is 717. The van der Waals surface area contributed by atoms with Crippen LogP contribution in [0.3, 0.4) is 0 Å². The van der Waals surface area contributed by atoms with Crippen molar-refractivity contribution in [2.45, 2.75) is 6.18 Å². The predicted octanol–water partition coefficient (Wildman–Crippen LogP) is 3.95. The highest BCUT2D eigenvalue weighted by atomic mass is 35.5. The SMILES string of the molecule is O=C(NCC(F)(F)F)c1ccc(Cl)c(NC(=O)c2cccs2)c1. The van der Waals surface area contributed by atoms with Crippen LogP contribution in [0.1, 0.15) is 20.0 Å². The van der Waals surface area contributed by atoms with Gasteiger partial charge in [0, 0.05) is 5.56 Å². The number of benzene rings is 1. The number of carbonyl (C=O) groups is 2. The van der Waals surface area contributed by atoms with Crippen LogP contribution in [0.5, 0.6) is 0 Å². The average molecular weight is 363 g/mol. The molecule has 2 rings (SSSR count). The zero-order valence-corrected chi connectivity index (χ0v) is 13.0. The van der Waals surface area contributed by atoms with Crippen molar-refractivity contribution in [3.8, 4) is 0 Å². The average Bonchev–Trinajstić information content (AvgIpc) is 3.00. The molecule has 122 valence electrons. The summed E-state index contributed by atoms with van der Waals surface area (Å²) in [6.45, 7) is -1.44. The van der Waals surface area contributed by atoms with Gasteiger partial charge in [-0.25, -0.2) is 0 Å². The van der Waals surface area contributed by atoms with Crippen molar-refractivity contribution in [3.05, 3.63) is 51.2 Å². The molecule has 0 radical (unpaired) electrons. The van der Waals surface area contributed by atoms with Crippen molar-refractivity contribution >= 4 is 40.4 Å². The molecule has 9 heteroatoms. The maximum atomic E-state index is 12.1. The van der Waals surface area contributed by atoms with Gasteiger partial charge in [0.2, 0.25) is 0 Å². The second-order valence-electron chi connectivity index (χ2n) is 4.42. The Labute approximate surface area is 138 Å². The molecule has 0 unspecified atom stereocenters. The summed E-state index contributed by atoms with van der Waals surface area (Å²) in [6, 6.07) is 7.12. The van der Waals surface area contributed by atoms with Crippen molar-refractivity contribution in [2.24, 2.45) is 0 Å². The highest BCUT2D eigenvalue weighted by Crippen LogP contribution is 2.24. The van der Waals surface area contributed by atoms with E-state index in [-0.39, 0.29) is 16.3 Å². The number of rotatable bonds is 4. The molecule has 0 saturated carbocycles. The molecule has 2 amide bonds. The van der Waals surface area contributed by atoms with Gasteiger partial charge in [-0.2, -0.15) is 13.2 Å². The van der Waals surface area contributed by atoms with E-state index in [1.54, 1.807) is 22.8 Å². The fraction of sp³-hybridized carbons (Fsp3) is 0.143. The number of amides is 2. The molecule has 2 aromatic rings. The smallest absolute Gasteiger partial charge is 0.343 e. The minimum absolute atomic E-state index is 0.0415. The monoisotopic (exact) mass is 362 g/mol. The molecular weight excluding hydrogens is 353 g/mol. The third-order valence-corrected chi connectivity index (χ3v) is 3.87. The Morgan fingerprint density at radius 3 is 2.52 bits per heavy atom. The van der Waals surface area contributed by atoms with Crippen molar-refractivity contribution in [1.82, 2.24) is 5.32 Å². The van der Waals surface area contributed by atoms with E-state index in [2.05, 4.69) is 5.32 Å². The van der Waals surface area contributed by atoms with Gasteiger partial charge in [0.1, 0.15) is 6.54 Å². The van der Waals surface area contributed by atoms with E-state index in [4.69, 9.17) is 11.6 Å².